The normalized spacial score (nSPS) is 13.9. The Morgan fingerprint density at radius 3 is 2.44 bits per heavy atom. The lowest BCUT2D eigenvalue weighted by molar-refractivity contribution is -0.123. The van der Waals surface area contributed by atoms with Crippen molar-refractivity contribution in [3.63, 3.8) is 0 Å². The molecule has 0 aromatic heterocycles. The van der Waals surface area contributed by atoms with Crippen LogP contribution in [0.4, 0.5) is 0 Å². The van der Waals surface area contributed by atoms with Gasteiger partial charge < -0.3 is 10.2 Å². The van der Waals surface area contributed by atoms with Crippen LogP contribution in [-0.2, 0) is 4.79 Å². The van der Waals surface area contributed by atoms with Crippen molar-refractivity contribution < 1.29 is 19.8 Å². The summed E-state index contributed by atoms with van der Waals surface area (Å²) in [6.07, 6.45) is 1.22. The molecule has 0 saturated heterocycles. The summed E-state index contributed by atoms with van der Waals surface area (Å²) >= 11 is 0. The fourth-order valence-corrected chi connectivity index (χ4v) is 1.91. The maximum Gasteiger partial charge on any atom is 0.154 e. The Hall–Kier alpha value is -1.84. The van der Waals surface area contributed by atoms with Crippen LogP contribution < -0.4 is 0 Å². The van der Waals surface area contributed by atoms with Crippen molar-refractivity contribution in [3.8, 4) is 11.5 Å². The van der Waals surface area contributed by atoms with Gasteiger partial charge in [0.05, 0.1) is 5.56 Å². The molecule has 0 heterocycles. The number of hydrogen-bond acceptors (Lipinski definition) is 4. The van der Waals surface area contributed by atoms with Gasteiger partial charge in [-0.25, -0.2) is 0 Å². The number of hydrogen-bond donors (Lipinski definition) is 2. The number of aldehydes is 1. The van der Waals surface area contributed by atoms with E-state index in [1.807, 2.05) is 13.8 Å². The zero-order valence-corrected chi connectivity index (χ0v) is 10.8. The van der Waals surface area contributed by atoms with Gasteiger partial charge >= 0.3 is 0 Å². The number of phenolic OH excluding ortho intramolecular Hbond substituents is 2. The fourth-order valence-electron chi connectivity index (χ4n) is 1.91. The van der Waals surface area contributed by atoms with Gasteiger partial charge in [0.2, 0.25) is 0 Å². The molecule has 2 atom stereocenters. The number of ketones is 1. The van der Waals surface area contributed by atoms with E-state index in [2.05, 4.69) is 0 Å². The molecule has 0 amide bonds. The van der Waals surface area contributed by atoms with E-state index in [9.17, 15) is 19.8 Å². The van der Waals surface area contributed by atoms with Crippen molar-refractivity contribution in [2.75, 3.05) is 0 Å². The van der Waals surface area contributed by atoms with Gasteiger partial charge in [0.15, 0.2) is 6.29 Å². The van der Waals surface area contributed by atoms with Gasteiger partial charge in [0.1, 0.15) is 17.3 Å². The van der Waals surface area contributed by atoms with Crippen molar-refractivity contribution >= 4 is 12.1 Å². The molecule has 0 fully saturated rings. The first-order valence-corrected chi connectivity index (χ1v) is 5.97. The molecule has 1 rings (SSSR count). The maximum absolute atomic E-state index is 12.1. The monoisotopic (exact) mass is 250 g/mol. The summed E-state index contributed by atoms with van der Waals surface area (Å²) in [6.45, 7) is 5.41. The van der Waals surface area contributed by atoms with Crippen LogP contribution in [0.1, 0.15) is 49.0 Å². The predicted octanol–water partition coefficient (Wildman–Crippen LogP) is 2.63. The van der Waals surface area contributed by atoms with Crippen molar-refractivity contribution in [1.82, 2.24) is 0 Å². The van der Waals surface area contributed by atoms with Gasteiger partial charge in [0.25, 0.3) is 0 Å². The van der Waals surface area contributed by atoms with Crippen LogP contribution in [0.2, 0.25) is 0 Å². The second-order valence-corrected chi connectivity index (χ2v) is 4.52. The third-order valence-electron chi connectivity index (χ3n) is 3.28. The van der Waals surface area contributed by atoms with E-state index < -0.39 is 5.92 Å². The number of carbonyl (C=O) groups excluding carboxylic acids is 2. The molecule has 18 heavy (non-hydrogen) atoms. The van der Waals surface area contributed by atoms with Crippen molar-refractivity contribution in [3.05, 3.63) is 23.3 Å². The van der Waals surface area contributed by atoms with Gasteiger partial charge in [-0.3, -0.25) is 9.59 Å². The highest BCUT2D eigenvalue weighted by atomic mass is 16.3. The average Bonchev–Trinajstić information content (AvgIpc) is 2.35. The summed E-state index contributed by atoms with van der Waals surface area (Å²) in [4.78, 5) is 23.1. The van der Waals surface area contributed by atoms with Gasteiger partial charge in [-0.05, 0) is 18.1 Å². The topological polar surface area (TPSA) is 74.6 Å². The lowest BCUT2D eigenvalue weighted by atomic mass is 9.86. The first kappa shape index (κ1) is 14.2. The highest BCUT2D eigenvalue weighted by Gasteiger charge is 2.24. The van der Waals surface area contributed by atoms with E-state index in [1.54, 1.807) is 6.92 Å². The second kappa shape index (κ2) is 5.67. The van der Waals surface area contributed by atoms with Crippen LogP contribution in [0.25, 0.3) is 0 Å². The maximum atomic E-state index is 12.1. The quantitative estimate of drug-likeness (QED) is 0.788. The Kier molecular flexibility index (Phi) is 4.48. The van der Waals surface area contributed by atoms with E-state index in [0.29, 0.717) is 18.3 Å². The summed E-state index contributed by atoms with van der Waals surface area (Å²) in [6, 6.07) is 2.45. The molecule has 1 aromatic carbocycles. The summed E-state index contributed by atoms with van der Waals surface area (Å²) in [5.74, 6) is -1.12. The minimum Gasteiger partial charge on any atom is -0.508 e. The molecule has 98 valence electrons. The molecular formula is C14H18O4. The molecule has 4 heteroatoms. The summed E-state index contributed by atoms with van der Waals surface area (Å²) in [7, 11) is 0. The highest BCUT2D eigenvalue weighted by molar-refractivity contribution is 5.91. The Bertz CT molecular complexity index is 465. The molecule has 0 saturated carbocycles. The van der Waals surface area contributed by atoms with E-state index in [4.69, 9.17) is 0 Å². The number of rotatable bonds is 5. The fraction of sp³-hybridized carbons (Fsp3) is 0.429. The van der Waals surface area contributed by atoms with Crippen LogP contribution in [0.15, 0.2) is 12.1 Å². The molecule has 1 aromatic rings. The molecule has 0 aliphatic carbocycles. The van der Waals surface area contributed by atoms with Crippen molar-refractivity contribution in [1.29, 1.82) is 0 Å². The third kappa shape index (κ3) is 2.70. The van der Waals surface area contributed by atoms with Crippen LogP contribution >= 0.6 is 0 Å². The minimum absolute atomic E-state index is 0.00870. The lowest BCUT2D eigenvalue weighted by Gasteiger charge is -2.17. The molecule has 2 unspecified atom stereocenters. The number of carbonyl (C=O) groups is 2. The Labute approximate surface area is 106 Å². The number of Topliss-reactive ketones (excluding diaryl/α,β-unsaturated/α-hetero) is 1. The molecule has 0 aliphatic rings. The standard InChI is InChI=1S/C14H18O4/c1-4-8(2)14(18)9(3)11-5-10(16)6-13(17)12(11)7-15/h5-9,16-17H,4H2,1-3H3. The summed E-state index contributed by atoms with van der Waals surface area (Å²) in [5, 5.41) is 19.0. The first-order chi connectivity index (χ1) is 8.42. The minimum atomic E-state index is -0.529. The molecule has 0 aliphatic heterocycles. The molecule has 2 N–H and O–H groups in total. The first-order valence-electron chi connectivity index (χ1n) is 5.97. The number of benzene rings is 1. The van der Waals surface area contributed by atoms with E-state index in [-0.39, 0.29) is 28.8 Å². The lowest BCUT2D eigenvalue weighted by Crippen LogP contribution is -2.18. The number of phenols is 2. The zero-order valence-electron chi connectivity index (χ0n) is 10.8. The largest absolute Gasteiger partial charge is 0.508 e. The van der Waals surface area contributed by atoms with Crippen molar-refractivity contribution in [2.45, 2.75) is 33.1 Å². The number of aromatic hydroxyl groups is 2. The molecular weight excluding hydrogens is 232 g/mol. The highest BCUT2D eigenvalue weighted by Crippen LogP contribution is 2.32. The van der Waals surface area contributed by atoms with Gasteiger partial charge in [-0.1, -0.05) is 20.8 Å². The molecule has 0 spiro atoms. The van der Waals surface area contributed by atoms with E-state index in [0.717, 1.165) is 6.07 Å². The Balaban J connectivity index is 3.23. The van der Waals surface area contributed by atoms with Crippen LogP contribution in [0.3, 0.4) is 0 Å². The van der Waals surface area contributed by atoms with Crippen molar-refractivity contribution in [2.24, 2.45) is 5.92 Å². The van der Waals surface area contributed by atoms with Crippen LogP contribution in [-0.4, -0.2) is 22.3 Å². The Morgan fingerprint density at radius 2 is 1.94 bits per heavy atom. The SMILES string of the molecule is CCC(C)C(=O)C(C)c1cc(O)cc(O)c1C=O. The van der Waals surface area contributed by atoms with Gasteiger partial charge in [0, 0.05) is 17.9 Å². The third-order valence-corrected chi connectivity index (χ3v) is 3.28. The van der Waals surface area contributed by atoms with Crippen LogP contribution in [0, 0.1) is 5.92 Å². The zero-order chi connectivity index (χ0) is 13.9. The predicted molar refractivity (Wildman–Crippen MR) is 68.0 cm³/mol. The van der Waals surface area contributed by atoms with Gasteiger partial charge in [-0.2, -0.15) is 0 Å². The molecule has 4 nitrogen and oxygen atoms in total. The van der Waals surface area contributed by atoms with Crippen LogP contribution in [0.5, 0.6) is 11.5 Å². The Morgan fingerprint density at radius 1 is 1.33 bits per heavy atom. The van der Waals surface area contributed by atoms with Gasteiger partial charge in [-0.15, -0.1) is 0 Å². The summed E-state index contributed by atoms with van der Waals surface area (Å²) < 4.78 is 0. The molecule has 0 bridgehead atoms. The second-order valence-electron chi connectivity index (χ2n) is 4.52. The van der Waals surface area contributed by atoms with E-state index >= 15 is 0 Å². The average molecular weight is 250 g/mol. The molecule has 0 radical (unpaired) electrons. The smallest absolute Gasteiger partial charge is 0.154 e. The van der Waals surface area contributed by atoms with E-state index in [1.165, 1.54) is 6.07 Å². The summed E-state index contributed by atoms with van der Waals surface area (Å²) in [5.41, 5.74) is 0.435.